The Labute approximate surface area is 143 Å². The number of carbonyl (C=O) groups excluding carboxylic acids is 1. The van der Waals surface area contributed by atoms with Crippen molar-refractivity contribution in [2.75, 3.05) is 7.11 Å². The zero-order chi connectivity index (χ0) is 17.8. The number of nitrogens with zero attached hydrogens (tertiary/aromatic N) is 1. The lowest BCUT2D eigenvalue weighted by Crippen LogP contribution is -2.43. The quantitative estimate of drug-likeness (QED) is 0.765. The Bertz CT molecular complexity index is 758. The van der Waals surface area contributed by atoms with Crippen molar-refractivity contribution in [1.82, 2.24) is 21.2 Å². The topological polar surface area (TPSA) is 75.3 Å². The number of methoxy groups -OCH3 is 1. The van der Waals surface area contributed by atoms with Gasteiger partial charge < -0.3 is 10.1 Å². The van der Waals surface area contributed by atoms with E-state index in [1.807, 2.05) is 12.1 Å². The van der Waals surface area contributed by atoms with Crippen LogP contribution in [0.15, 0.2) is 36.7 Å². The summed E-state index contributed by atoms with van der Waals surface area (Å²) in [4.78, 5) is 16.2. The molecule has 8 heteroatoms. The number of hydrogen-bond acceptors (Lipinski definition) is 5. The van der Waals surface area contributed by atoms with E-state index in [0.29, 0.717) is 6.42 Å². The maximum Gasteiger partial charge on any atom is 0.238 e. The van der Waals surface area contributed by atoms with Crippen LogP contribution in [0.25, 0.3) is 0 Å². The minimum absolute atomic E-state index is 0.0195. The molecule has 1 aliphatic heterocycles. The smallest absolute Gasteiger partial charge is 0.238 e. The highest BCUT2D eigenvalue weighted by atomic mass is 19.2. The van der Waals surface area contributed by atoms with Crippen LogP contribution in [0, 0.1) is 11.6 Å². The number of benzene rings is 1. The summed E-state index contributed by atoms with van der Waals surface area (Å²) in [6.07, 6.45) is 3.91. The summed E-state index contributed by atoms with van der Waals surface area (Å²) < 4.78 is 32.3. The maximum absolute atomic E-state index is 13.9. The summed E-state index contributed by atoms with van der Waals surface area (Å²) >= 11 is 0. The van der Waals surface area contributed by atoms with Crippen molar-refractivity contribution in [3.05, 3.63) is 59.4 Å². The monoisotopic (exact) mass is 348 g/mol. The minimum atomic E-state index is -1.06. The van der Waals surface area contributed by atoms with E-state index in [-0.39, 0.29) is 29.8 Å². The van der Waals surface area contributed by atoms with Gasteiger partial charge >= 0.3 is 0 Å². The zero-order valence-corrected chi connectivity index (χ0v) is 13.6. The second-order valence-electron chi connectivity index (χ2n) is 5.68. The molecule has 1 fully saturated rings. The second kappa shape index (κ2) is 7.54. The molecular weight excluding hydrogens is 330 g/mol. The van der Waals surface area contributed by atoms with Crippen molar-refractivity contribution in [2.24, 2.45) is 0 Å². The maximum atomic E-state index is 13.9. The third kappa shape index (κ3) is 3.75. The fourth-order valence-corrected chi connectivity index (χ4v) is 2.71. The highest BCUT2D eigenvalue weighted by Crippen LogP contribution is 2.23. The number of ether oxygens (including phenoxy) is 1. The van der Waals surface area contributed by atoms with Crippen LogP contribution in [-0.4, -0.2) is 24.0 Å². The molecule has 6 nitrogen and oxygen atoms in total. The van der Waals surface area contributed by atoms with Crippen molar-refractivity contribution < 1.29 is 18.3 Å². The van der Waals surface area contributed by atoms with Gasteiger partial charge in [-0.05, 0) is 30.2 Å². The summed E-state index contributed by atoms with van der Waals surface area (Å²) in [5, 5.41) is 2.62. The molecule has 2 aromatic rings. The van der Waals surface area contributed by atoms with E-state index in [4.69, 9.17) is 4.74 Å². The van der Waals surface area contributed by atoms with Crippen LogP contribution < -0.4 is 20.9 Å². The number of hydrogen-bond donors (Lipinski definition) is 3. The van der Waals surface area contributed by atoms with Crippen molar-refractivity contribution in [3.63, 3.8) is 0 Å². The van der Waals surface area contributed by atoms with E-state index < -0.39 is 17.7 Å². The fraction of sp³-hybridized carbons (Fsp3) is 0.294. The molecule has 0 aliphatic carbocycles. The molecule has 25 heavy (non-hydrogen) atoms. The normalized spacial score (nSPS) is 19.6. The Morgan fingerprint density at radius 2 is 2.00 bits per heavy atom. The van der Waals surface area contributed by atoms with Crippen molar-refractivity contribution in [2.45, 2.75) is 25.0 Å². The van der Waals surface area contributed by atoms with Gasteiger partial charge in [0.15, 0.2) is 11.6 Å². The molecule has 2 unspecified atom stereocenters. The number of pyridine rings is 1. The summed E-state index contributed by atoms with van der Waals surface area (Å²) in [6, 6.07) is 5.97. The molecule has 3 rings (SSSR count). The molecule has 0 bridgehead atoms. The van der Waals surface area contributed by atoms with Crippen molar-refractivity contribution in [1.29, 1.82) is 0 Å². The first-order valence-corrected chi connectivity index (χ1v) is 7.79. The molecule has 1 amide bonds. The molecule has 3 N–H and O–H groups in total. The Kier molecular flexibility index (Phi) is 5.20. The standard InChI is InChI=1S/C17H18F2N4O2/c1-25-14-3-2-11(15(18)16(14)19)9-21-17(24)13-8-12(22-23-13)10-4-6-20-7-5-10/h2-7,12-13,22-23H,8-9H2,1H3,(H,21,24). The molecule has 132 valence electrons. The van der Waals surface area contributed by atoms with Crippen LogP contribution in [0.2, 0.25) is 0 Å². The molecule has 2 atom stereocenters. The number of aromatic nitrogens is 1. The zero-order valence-electron chi connectivity index (χ0n) is 13.6. The van der Waals surface area contributed by atoms with E-state index in [2.05, 4.69) is 21.2 Å². The van der Waals surface area contributed by atoms with Gasteiger partial charge in [0, 0.05) is 30.5 Å². The number of amides is 1. The van der Waals surface area contributed by atoms with Gasteiger partial charge in [0.1, 0.15) is 6.04 Å². The van der Waals surface area contributed by atoms with Crippen LogP contribution in [0.4, 0.5) is 8.78 Å². The Balaban J connectivity index is 1.58. The van der Waals surface area contributed by atoms with Gasteiger partial charge in [0.05, 0.1) is 7.11 Å². The van der Waals surface area contributed by atoms with E-state index >= 15 is 0 Å². The summed E-state index contributed by atoms with van der Waals surface area (Å²) in [5.74, 6) is -2.55. The second-order valence-corrected chi connectivity index (χ2v) is 5.68. The number of rotatable bonds is 5. The van der Waals surface area contributed by atoms with Crippen LogP contribution >= 0.6 is 0 Å². The van der Waals surface area contributed by atoms with Crippen molar-refractivity contribution in [3.8, 4) is 5.75 Å². The predicted molar refractivity (Wildman–Crippen MR) is 86.4 cm³/mol. The van der Waals surface area contributed by atoms with E-state index in [0.717, 1.165) is 5.56 Å². The van der Waals surface area contributed by atoms with Gasteiger partial charge in [0.25, 0.3) is 0 Å². The summed E-state index contributed by atoms with van der Waals surface area (Å²) in [7, 11) is 1.26. The van der Waals surface area contributed by atoms with E-state index in [1.54, 1.807) is 12.4 Å². The molecular formula is C17H18F2N4O2. The summed E-state index contributed by atoms with van der Waals surface area (Å²) in [5.41, 5.74) is 7.04. The first kappa shape index (κ1) is 17.2. The van der Waals surface area contributed by atoms with Gasteiger partial charge in [-0.1, -0.05) is 6.07 Å². The van der Waals surface area contributed by atoms with E-state index in [1.165, 1.54) is 19.2 Å². The van der Waals surface area contributed by atoms with Gasteiger partial charge in [-0.3, -0.25) is 9.78 Å². The third-order valence-corrected chi connectivity index (χ3v) is 4.13. The van der Waals surface area contributed by atoms with Gasteiger partial charge in [-0.25, -0.2) is 15.2 Å². The Hall–Kier alpha value is -2.58. The Morgan fingerprint density at radius 3 is 2.72 bits per heavy atom. The first-order chi connectivity index (χ1) is 12.1. The molecule has 1 aromatic heterocycles. The summed E-state index contributed by atoms with van der Waals surface area (Å²) in [6.45, 7) is -0.107. The average molecular weight is 348 g/mol. The van der Waals surface area contributed by atoms with Gasteiger partial charge in [-0.2, -0.15) is 4.39 Å². The number of carbonyl (C=O) groups is 1. The molecule has 0 saturated carbocycles. The highest BCUT2D eigenvalue weighted by Gasteiger charge is 2.30. The number of halogens is 2. The largest absolute Gasteiger partial charge is 0.494 e. The minimum Gasteiger partial charge on any atom is -0.494 e. The van der Waals surface area contributed by atoms with Crippen LogP contribution in [0.3, 0.4) is 0 Å². The predicted octanol–water partition coefficient (Wildman–Crippen LogP) is 1.59. The average Bonchev–Trinajstić information content (AvgIpc) is 3.14. The lowest BCUT2D eigenvalue weighted by molar-refractivity contribution is -0.123. The molecule has 0 radical (unpaired) electrons. The van der Waals surface area contributed by atoms with Crippen LogP contribution in [0.5, 0.6) is 5.75 Å². The molecule has 1 saturated heterocycles. The van der Waals surface area contributed by atoms with E-state index in [9.17, 15) is 13.6 Å². The lowest BCUT2D eigenvalue weighted by atomic mass is 10.0. The van der Waals surface area contributed by atoms with Crippen molar-refractivity contribution >= 4 is 5.91 Å². The fourth-order valence-electron chi connectivity index (χ4n) is 2.71. The molecule has 1 aliphatic rings. The molecule has 1 aromatic carbocycles. The lowest BCUT2D eigenvalue weighted by Gasteiger charge is -2.12. The third-order valence-electron chi connectivity index (χ3n) is 4.13. The highest BCUT2D eigenvalue weighted by molar-refractivity contribution is 5.82. The number of nitrogens with one attached hydrogen (secondary N) is 3. The van der Waals surface area contributed by atoms with Gasteiger partial charge in [0.2, 0.25) is 11.7 Å². The first-order valence-electron chi connectivity index (χ1n) is 7.79. The SMILES string of the molecule is COc1ccc(CNC(=O)C2CC(c3ccncc3)NN2)c(F)c1F. The van der Waals surface area contributed by atoms with Crippen LogP contribution in [-0.2, 0) is 11.3 Å². The molecule has 0 spiro atoms. The number of hydrazine groups is 1. The Morgan fingerprint density at radius 1 is 1.24 bits per heavy atom. The van der Waals surface area contributed by atoms with Crippen LogP contribution in [0.1, 0.15) is 23.6 Å². The van der Waals surface area contributed by atoms with Gasteiger partial charge in [-0.15, -0.1) is 0 Å². The molecule has 2 heterocycles.